The van der Waals surface area contributed by atoms with Crippen LogP contribution in [-0.2, 0) is 27.4 Å². The van der Waals surface area contributed by atoms with Crippen LogP contribution in [0, 0.1) is 0 Å². The van der Waals surface area contributed by atoms with Crippen molar-refractivity contribution in [2.45, 2.75) is 31.9 Å². The number of ether oxygens (including phenoxy) is 2. The highest BCUT2D eigenvalue weighted by Gasteiger charge is 2.25. The van der Waals surface area contributed by atoms with E-state index in [-0.39, 0.29) is 24.6 Å². The van der Waals surface area contributed by atoms with Crippen molar-refractivity contribution >= 4 is 23.6 Å². The second-order valence-electron chi connectivity index (χ2n) is 8.19. The third-order valence-corrected chi connectivity index (χ3v) is 5.50. The maximum Gasteiger partial charge on any atom is 0.322 e. The van der Waals surface area contributed by atoms with Crippen LogP contribution in [0.2, 0.25) is 0 Å². The van der Waals surface area contributed by atoms with Crippen molar-refractivity contribution in [2.75, 3.05) is 12.0 Å². The Balaban J connectivity index is 1.42. The molecule has 0 aliphatic heterocycles. The molecule has 1 aromatic carbocycles. The molecule has 1 unspecified atom stereocenters. The predicted octanol–water partition coefficient (Wildman–Crippen LogP) is 3.58. The third kappa shape index (κ3) is 6.98. The Kier molecular flexibility index (Phi) is 8.56. The van der Waals surface area contributed by atoms with E-state index >= 15 is 0 Å². The Morgan fingerprint density at radius 2 is 1.73 bits per heavy atom. The van der Waals surface area contributed by atoms with E-state index in [1.54, 1.807) is 36.7 Å². The maximum absolute atomic E-state index is 13.1. The van der Waals surface area contributed by atoms with Crippen LogP contribution in [0.5, 0.6) is 5.88 Å². The lowest BCUT2D eigenvalue weighted by atomic mass is 10.1. The molecule has 0 radical (unpaired) electrons. The Morgan fingerprint density at radius 1 is 1.00 bits per heavy atom. The monoisotopic (exact) mass is 501 g/mol. The van der Waals surface area contributed by atoms with Gasteiger partial charge in [0, 0.05) is 37.4 Å². The quantitative estimate of drug-likeness (QED) is 0.306. The molecule has 0 fully saturated rings. The van der Waals surface area contributed by atoms with Crippen LogP contribution in [-0.4, -0.2) is 40.2 Å². The number of hydrogen-bond acceptors (Lipinski definition) is 9. The van der Waals surface area contributed by atoms with Gasteiger partial charge in [-0.3, -0.25) is 9.59 Å². The molecule has 1 atom stereocenters. The summed E-state index contributed by atoms with van der Waals surface area (Å²) < 4.78 is 15.8. The molecule has 190 valence electrons. The molecule has 0 saturated heterocycles. The van der Waals surface area contributed by atoms with Crippen molar-refractivity contribution in [1.29, 1.82) is 0 Å². The van der Waals surface area contributed by atoms with Gasteiger partial charge in [0.15, 0.2) is 0 Å². The molecule has 0 spiro atoms. The number of aromatic nitrogens is 3. The molecule has 37 heavy (non-hydrogen) atoms. The van der Waals surface area contributed by atoms with Gasteiger partial charge in [-0.25, -0.2) is 14.9 Å². The fourth-order valence-electron chi connectivity index (χ4n) is 3.55. The highest BCUT2D eigenvalue weighted by Crippen LogP contribution is 2.26. The summed E-state index contributed by atoms with van der Waals surface area (Å²) in [4.78, 5) is 34.5. The van der Waals surface area contributed by atoms with Gasteiger partial charge in [-0.15, -0.1) is 0 Å². The van der Waals surface area contributed by atoms with Crippen LogP contribution in [0.1, 0.15) is 29.7 Å². The summed E-state index contributed by atoms with van der Waals surface area (Å²) in [5, 5.41) is 4.15. The zero-order chi connectivity index (χ0) is 26.0. The van der Waals surface area contributed by atoms with Gasteiger partial charge in [-0.1, -0.05) is 41.6 Å². The summed E-state index contributed by atoms with van der Waals surface area (Å²) >= 11 is 0. The number of methoxy groups -OCH3 is 1. The van der Waals surface area contributed by atoms with E-state index in [9.17, 15) is 9.59 Å². The number of nitrogens with zero attached hydrogens (tertiary/aromatic N) is 4. The normalized spacial score (nSPS) is 11.5. The molecule has 2 N–H and O–H groups in total. The van der Waals surface area contributed by atoms with E-state index in [2.05, 4.69) is 19.9 Å². The summed E-state index contributed by atoms with van der Waals surface area (Å²) in [5.74, 6) is 0.261. The van der Waals surface area contributed by atoms with E-state index < -0.39 is 12.0 Å². The van der Waals surface area contributed by atoms with Crippen molar-refractivity contribution in [1.82, 2.24) is 15.1 Å². The first-order valence-corrected chi connectivity index (χ1v) is 11.7. The van der Waals surface area contributed by atoms with Gasteiger partial charge in [-0.05, 0) is 35.7 Å². The number of anilines is 2. The Labute approximate surface area is 214 Å². The van der Waals surface area contributed by atoms with Gasteiger partial charge in [0.2, 0.25) is 17.7 Å². The number of carbonyl (C=O) groups excluding carboxylic acids is 2. The Hall–Kier alpha value is -4.57. The molecule has 1 amide bonds. The molecule has 3 aromatic heterocycles. The number of rotatable bonds is 11. The minimum Gasteiger partial charge on any atom is -0.473 e. The van der Waals surface area contributed by atoms with E-state index in [0.717, 1.165) is 11.1 Å². The fourth-order valence-corrected chi connectivity index (χ4v) is 3.55. The molecule has 4 rings (SSSR count). The van der Waals surface area contributed by atoms with Crippen molar-refractivity contribution < 1.29 is 23.6 Å². The topological polar surface area (TPSA) is 134 Å². The number of nitrogens with two attached hydrogens (primary N) is 1. The first-order valence-electron chi connectivity index (χ1n) is 11.7. The standard InChI is InChI=1S/C27H27N5O5/c1-35-27(34)22(28)12-13-25(33)32(23-6-2-4-14-29-23)26-17-21(31-37-26)16-19-8-10-20(11-9-19)18-36-24-7-3-5-15-30-24/h2-11,14-15,17,22H,12-13,16,18,28H2,1H3. The average Bonchev–Trinajstić information content (AvgIpc) is 3.39. The van der Waals surface area contributed by atoms with Gasteiger partial charge in [0.05, 0.1) is 12.8 Å². The Morgan fingerprint density at radius 3 is 2.41 bits per heavy atom. The van der Waals surface area contributed by atoms with E-state index in [1.165, 1.54) is 12.0 Å². The average molecular weight is 502 g/mol. The molecule has 10 nitrogen and oxygen atoms in total. The van der Waals surface area contributed by atoms with Crippen molar-refractivity contribution in [3.8, 4) is 5.88 Å². The lowest BCUT2D eigenvalue weighted by molar-refractivity contribution is -0.142. The van der Waals surface area contributed by atoms with Gasteiger partial charge >= 0.3 is 5.97 Å². The number of amides is 1. The van der Waals surface area contributed by atoms with Crippen LogP contribution in [0.25, 0.3) is 0 Å². The molecule has 3 heterocycles. The summed E-state index contributed by atoms with van der Waals surface area (Å²) in [5.41, 5.74) is 8.46. The summed E-state index contributed by atoms with van der Waals surface area (Å²) in [6, 6.07) is 19.4. The highest BCUT2D eigenvalue weighted by atomic mass is 16.5. The second kappa shape index (κ2) is 12.4. The van der Waals surface area contributed by atoms with Crippen LogP contribution in [0.15, 0.2) is 83.6 Å². The van der Waals surface area contributed by atoms with Crippen LogP contribution < -0.4 is 15.4 Å². The molecule has 10 heteroatoms. The highest BCUT2D eigenvalue weighted by molar-refractivity contribution is 5.98. The second-order valence-corrected chi connectivity index (χ2v) is 8.19. The van der Waals surface area contributed by atoms with Gasteiger partial charge < -0.3 is 19.7 Å². The summed E-state index contributed by atoms with van der Waals surface area (Å²) in [6.07, 6.45) is 3.87. The van der Waals surface area contributed by atoms with Gasteiger partial charge in [0.1, 0.15) is 18.5 Å². The molecule has 4 aromatic rings. The lowest BCUT2D eigenvalue weighted by Crippen LogP contribution is -2.34. The van der Waals surface area contributed by atoms with Crippen LogP contribution >= 0.6 is 0 Å². The van der Waals surface area contributed by atoms with Crippen molar-refractivity contribution in [2.24, 2.45) is 5.73 Å². The first-order chi connectivity index (χ1) is 18.0. The van der Waals surface area contributed by atoms with Crippen molar-refractivity contribution in [3.63, 3.8) is 0 Å². The van der Waals surface area contributed by atoms with Gasteiger partial charge in [0.25, 0.3) is 0 Å². The summed E-state index contributed by atoms with van der Waals surface area (Å²) in [6.45, 7) is 0.409. The molecule has 0 aliphatic rings. The molecular formula is C27H27N5O5. The zero-order valence-corrected chi connectivity index (χ0v) is 20.3. The number of pyridine rings is 2. The number of hydrogen-bond donors (Lipinski definition) is 1. The molecule has 0 bridgehead atoms. The third-order valence-electron chi connectivity index (χ3n) is 5.50. The van der Waals surface area contributed by atoms with Crippen LogP contribution in [0.3, 0.4) is 0 Å². The number of benzene rings is 1. The Bertz CT molecular complexity index is 1300. The fraction of sp³-hybridized carbons (Fsp3) is 0.222. The van der Waals surface area contributed by atoms with Gasteiger partial charge in [-0.2, -0.15) is 0 Å². The van der Waals surface area contributed by atoms with Crippen LogP contribution in [0.4, 0.5) is 11.7 Å². The molecular weight excluding hydrogens is 474 g/mol. The van der Waals surface area contributed by atoms with Crippen molar-refractivity contribution in [3.05, 3.63) is 95.9 Å². The minimum absolute atomic E-state index is 0.00902. The molecule has 0 saturated carbocycles. The van der Waals surface area contributed by atoms with E-state index in [1.807, 2.05) is 42.5 Å². The smallest absolute Gasteiger partial charge is 0.322 e. The molecule has 0 aliphatic carbocycles. The first kappa shape index (κ1) is 25.5. The minimum atomic E-state index is -0.901. The summed E-state index contributed by atoms with van der Waals surface area (Å²) in [7, 11) is 1.25. The number of esters is 1. The predicted molar refractivity (Wildman–Crippen MR) is 135 cm³/mol. The SMILES string of the molecule is COC(=O)C(N)CCC(=O)N(c1ccccn1)c1cc(Cc2ccc(COc3ccccn3)cc2)no1. The van der Waals surface area contributed by atoms with E-state index in [4.69, 9.17) is 15.0 Å². The van der Waals surface area contributed by atoms with E-state index in [0.29, 0.717) is 30.4 Å². The largest absolute Gasteiger partial charge is 0.473 e. The maximum atomic E-state index is 13.1. The number of carbonyl (C=O) groups is 2. The zero-order valence-electron chi connectivity index (χ0n) is 20.3. The lowest BCUT2D eigenvalue weighted by Gasteiger charge is -2.18.